The monoisotopic (exact) mass is 379 g/mol. The van der Waals surface area contributed by atoms with Gasteiger partial charge in [-0.25, -0.2) is 0 Å². The Balaban J connectivity index is 1.84. The Kier molecular flexibility index (Phi) is 4.75. The van der Waals surface area contributed by atoms with Gasteiger partial charge in [0, 0.05) is 17.7 Å². The highest BCUT2D eigenvalue weighted by atomic mass is 16.5. The number of para-hydroxylation sites is 1. The molecule has 7 heteroatoms. The van der Waals surface area contributed by atoms with E-state index in [4.69, 9.17) is 4.74 Å². The smallest absolute Gasteiger partial charge is 0.273 e. The number of H-pyrrole nitrogens is 1. The van der Waals surface area contributed by atoms with Crippen LogP contribution in [0.1, 0.15) is 34.6 Å². The summed E-state index contributed by atoms with van der Waals surface area (Å²) in [5.74, 6) is 0.616. The molecule has 0 unspecified atom stereocenters. The highest BCUT2D eigenvalue weighted by Gasteiger charge is 2.42. The van der Waals surface area contributed by atoms with Crippen LogP contribution in [0.2, 0.25) is 0 Å². The number of phenols is 1. The number of amides is 1. The van der Waals surface area contributed by atoms with Crippen molar-refractivity contribution in [2.75, 3.05) is 19.8 Å². The van der Waals surface area contributed by atoms with Crippen molar-refractivity contribution < 1.29 is 19.7 Å². The van der Waals surface area contributed by atoms with Gasteiger partial charge in [-0.15, -0.1) is 0 Å². The van der Waals surface area contributed by atoms with Gasteiger partial charge >= 0.3 is 0 Å². The van der Waals surface area contributed by atoms with E-state index in [1.54, 1.807) is 23.1 Å². The largest absolute Gasteiger partial charge is 0.507 e. The molecule has 1 aromatic heterocycles. The topological polar surface area (TPSA) is 98.7 Å². The first-order valence-corrected chi connectivity index (χ1v) is 9.17. The van der Waals surface area contributed by atoms with E-state index in [-0.39, 0.29) is 24.8 Å². The van der Waals surface area contributed by atoms with Gasteiger partial charge < -0.3 is 19.8 Å². The van der Waals surface area contributed by atoms with Crippen molar-refractivity contribution in [1.82, 2.24) is 15.1 Å². The molecule has 2 heterocycles. The maximum absolute atomic E-state index is 12.9. The molecular weight excluding hydrogens is 358 g/mol. The first-order chi connectivity index (χ1) is 13.7. The number of β-amino-alcohol motifs (C(OH)–C–C–N with tert-alkyl or cyclic N) is 1. The van der Waals surface area contributed by atoms with Crippen LogP contribution >= 0.6 is 0 Å². The van der Waals surface area contributed by atoms with Crippen LogP contribution < -0.4 is 4.74 Å². The number of aromatic hydroxyl groups is 1. The molecule has 1 amide bonds. The summed E-state index contributed by atoms with van der Waals surface area (Å²) in [6.45, 7) is 2.53. The van der Waals surface area contributed by atoms with Gasteiger partial charge in [-0.2, -0.15) is 5.10 Å². The minimum absolute atomic E-state index is 0.0929. The first-order valence-electron chi connectivity index (χ1n) is 9.17. The average Bonchev–Trinajstić information content (AvgIpc) is 3.24. The molecule has 0 fully saturated rings. The number of nitrogens with one attached hydrogen (secondary N) is 1. The van der Waals surface area contributed by atoms with Crippen LogP contribution in [-0.4, -0.2) is 51.0 Å². The van der Waals surface area contributed by atoms with Crippen molar-refractivity contribution in [3.8, 4) is 22.8 Å². The Morgan fingerprint density at radius 3 is 2.61 bits per heavy atom. The molecule has 3 N–H and O–H groups in total. The third-order valence-electron chi connectivity index (χ3n) is 4.87. The fraction of sp³-hybridized carbons (Fsp3) is 0.238. The number of aliphatic hydroxyl groups excluding tert-OH is 1. The summed E-state index contributed by atoms with van der Waals surface area (Å²) < 4.78 is 5.51. The molecule has 144 valence electrons. The summed E-state index contributed by atoms with van der Waals surface area (Å²) in [7, 11) is 0. The van der Waals surface area contributed by atoms with Crippen LogP contribution in [0.15, 0.2) is 48.5 Å². The Labute approximate surface area is 162 Å². The lowest BCUT2D eigenvalue weighted by molar-refractivity contribution is 0.0706. The Hall–Kier alpha value is -3.32. The van der Waals surface area contributed by atoms with Crippen molar-refractivity contribution in [3.05, 3.63) is 65.4 Å². The highest BCUT2D eigenvalue weighted by molar-refractivity contribution is 6.00. The number of nitrogens with zero attached hydrogens (tertiary/aromatic N) is 2. The van der Waals surface area contributed by atoms with E-state index >= 15 is 0 Å². The molecule has 0 saturated carbocycles. The Morgan fingerprint density at radius 2 is 1.93 bits per heavy atom. The first kappa shape index (κ1) is 18.1. The quantitative estimate of drug-likeness (QED) is 0.612. The zero-order valence-electron chi connectivity index (χ0n) is 15.4. The second kappa shape index (κ2) is 7.36. The van der Waals surface area contributed by atoms with E-state index in [1.807, 2.05) is 37.3 Å². The number of carbonyl (C=O) groups is 1. The lowest BCUT2D eigenvalue weighted by atomic mass is 9.95. The number of ether oxygens (including phenoxy) is 1. The number of aliphatic hydroxyl groups is 1. The average molecular weight is 379 g/mol. The number of carbonyl (C=O) groups excluding carboxylic acids is 1. The minimum atomic E-state index is -0.418. The maximum Gasteiger partial charge on any atom is 0.273 e. The summed E-state index contributed by atoms with van der Waals surface area (Å²) in [4.78, 5) is 14.5. The van der Waals surface area contributed by atoms with Gasteiger partial charge in [-0.1, -0.05) is 24.3 Å². The summed E-state index contributed by atoms with van der Waals surface area (Å²) in [5.41, 5.74) is 3.03. The molecule has 1 aliphatic heterocycles. The van der Waals surface area contributed by atoms with Crippen molar-refractivity contribution in [1.29, 1.82) is 0 Å². The molecule has 0 aliphatic carbocycles. The van der Waals surface area contributed by atoms with E-state index in [2.05, 4.69) is 10.2 Å². The third kappa shape index (κ3) is 2.90. The lowest BCUT2D eigenvalue weighted by Gasteiger charge is -2.25. The predicted octanol–water partition coefficient (Wildman–Crippen LogP) is 2.72. The molecule has 0 bridgehead atoms. The number of phenolic OH excluding ortho intramolecular Hbond substituents is 1. The van der Waals surface area contributed by atoms with Crippen molar-refractivity contribution in [2.45, 2.75) is 13.0 Å². The fourth-order valence-electron chi connectivity index (χ4n) is 3.67. The van der Waals surface area contributed by atoms with Gasteiger partial charge in [0.15, 0.2) is 0 Å². The van der Waals surface area contributed by atoms with Crippen LogP contribution in [0.25, 0.3) is 11.3 Å². The summed E-state index contributed by atoms with van der Waals surface area (Å²) in [6, 6.07) is 14.0. The zero-order chi connectivity index (χ0) is 19.7. The summed E-state index contributed by atoms with van der Waals surface area (Å²) >= 11 is 0. The number of aromatic amines is 1. The second-order valence-corrected chi connectivity index (χ2v) is 6.50. The van der Waals surface area contributed by atoms with Gasteiger partial charge in [-0.05, 0) is 36.8 Å². The highest BCUT2D eigenvalue weighted by Crippen LogP contribution is 2.44. The fourth-order valence-corrected chi connectivity index (χ4v) is 3.67. The van der Waals surface area contributed by atoms with E-state index in [1.165, 1.54) is 0 Å². The molecule has 2 aromatic carbocycles. The minimum Gasteiger partial charge on any atom is -0.507 e. The molecular formula is C21H21N3O4. The number of hydrogen-bond donors (Lipinski definition) is 3. The van der Waals surface area contributed by atoms with Crippen molar-refractivity contribution in [2.24, 2.45) is 0 Å². The Morgan fingerprint density at radius 1 is 1.18 bits per heavy atom. The third-order valence-corrected chi connectivity index (χ3v) is 4.87. The molecule has 0 radical (unpaired) electrons. The molecule has 1 atom stereocenters. The molecule has 28 heavy (non-hydrogen) atoms. The van der Waals surface area contributed by atoms with Crippen LogP contribution in [-0.2, 0) is 0 Å². The molecule has 0 saturated heterocycles. The lowest BCUT2D eigenvalue weighted by Crippen LogP contribution is -2.32. The molecule has 1 aliphatic rings. The van der Waals surface area contributed by atoms with Crippen LogP contribution in [0.3, 0.4) is 0 Å². The molecule has 0 spiro atoms. The number of fused-ring (bicyclic) bond motifs is 1. The summed E-state index contributed by atoms with van der Waals surface area (Å²) in [5, 5.41) is 26.9. The number of hydrogen-bond acceptors (Lipinski definition) is 5. The van der Waals surface area contributed by atoms with E-state index in [0.29, 0.717) is 29.1 Å². The number of rotatable bonds is 6. The van der Waals surface area contributed by atoms with E-state index in [0.717, 1.165) is 11.3 Å². The van der Waals surface area contributed by atoms with Gasteiger partial charge in [0.2, 0.25) is 0 Å². The van der Waals surface area contributed by atoms with Crippen LogP contribution in [0.4, 0.5) is 0 Å². The van der Waals surface area contributed by atoms with Gasteiger partial charge in [0.05, 0.1) is 19.3 Å². The van der Waals surface area contributed by atoms with Gasteiger partial charge in [-0.3, -0.25) is 9.89 Å². The SMILES string of the molecule is CCOc1ccc([C@@H]2c3c(-c4ccccc4O)n[nH]c3C(=O)N2CCO)cc1. The molecule has 4 rings (SSSR count). The predicted molar refractivity (Wildman–Crippen MR) is 103 cm³/mol. The Bertz CT molecular complexity index is 997. The zero-order valence-corrected chi connectivity index (χ0v) is 15.4. The number of benzene rings is 2. The summed E-state index contributed by atoms with van der Waals surface area (Å²) in [6.07, 6.45) is 0. The maximum atomic E-state index is 12.9. The van der Waals surface area contributed by atoms with E-state index < -0.39 is 6.04 Å². The van der Waals surface area contributed by atoms with Crippen LogP contribution in [0.5, 0.6) is 11.5 Å². The normalized spacial score (nSPS) is 15.7. The van der Waals surface area contributed by atoms with Crippen molar-refractivity contribution in [3.63, 3.8) is 0 Å². The van der Waals surface area contributed by atoms with E-state index in [9.17, 15) is 15.0 Å². The van der Waals surface area contributed by atoms with Gasteiger partial charge in [0.25, 0.3) is 5.91 Å². The van der Waals surface area contributed by atoms with Crippen LogP contribution in [0, 0.1) is 0 Å². The second-order valence-electron chi connectivity index (χ2n) is 6.50. The standard InChI is InChI=1S/C21H21N3O4/c1-2-28-14-9-7-13(8-10-14)20-17-18(15-5-3-4-6-16(15)26)22-23-19(17)21(27)24(20)11-12-25/h3-10,20,25-26H,2,11-12H2,1H3,(H,22,23)/t20-/m1/s1. The molecule has 7 nitrogen and oxygen atoms in total. The van der Waals surface area contributed by atoms with Gasteiger partial charge in [0.1, 0.15) is 22.9 Å². The van der Waals surface area contributed by atoms with Crippen molar-refractivity contribution >= 4 is 5.91 Å². The number of aromatic nitrogens is 2. The molecule has 3 aromatic rings.